The van der Waals surface area contributed by atoms with E-state index in [4.69, 9.17) is 5.11 Å². The third kappa shape index (κ3) is 6.46. The van der Waals surface area contributed by atoms with Crippen LogP contribution >= 0.6 is 0 Å². The monoisotopic (exact) mass is 272 g/mol. The van der Waals surface area contributed by atoms with Gasteiger partial charge >= 0.3 is 5.97 Å². The third-order valence-electron chi connectivity index (χ3n) is 1.63. The summed E-state index contributed by atoms with van der Waals surface area (Å²) in [6.45, 7) is 7.52. The van der Waals surface area contributed by atoms with Crippen LogP contribution in [0.2, 0.25) is 0 Å². The number of methoxy groups -OCH3 is 1. The fraction of sp³-hybridized carbons (Fsp3) is 0.500. The molecule has 0 aliphatic heterocycles. The molecule has 1 N–H and O–H groups in total. The Balaban J connectivity index is 0. The zero-order valence-electron chi connectivity index (χ0n) is 11.8. The van der Waals surface area contributed by atoms with Gasteiger partial charge in [0.05, 0.1) is 24.3 Å². The van der Waals surface area contributed by atoms with Crippen molar-refractivity contribution in [3.05, 3.63) is 33.6 Å². The highest BCUT2D eigenvalue weighted by atomic mass is 16.6. The van der Waals surface area contributed by atoms with Gasteiger partial charge in [-0.25, -0.2) is 9.78 Å². The van der Waals surface area contributed by atoms with Gasteiger partial charge in [-0.05, 0) is 0 Å². The number of aliphatic hydroxyl groups excluding tert-OH is 1. The molecule has 7 heteroatoms. The van der Waals surface area contributed by atoms with Gasteiger partial charge in [0.15, 0.2) is 5.69 Å². The molecule has 108 valence electrons. The van der Waals surface area contributed by atoms with Crippen molar-refractivity contribution in [1.29, 1.82) is 0 Å². The van der Waals surface area contributed by atoms with Crippen LogP contribution in [-0.4, -0.2) is 28.1 Å². The summed E-state index contributed by atoms with van der Waals surface area (Å²) >= 11 is 0. The number of rotatable bonds is 3. The van der Waals surface area contributed by atoms with Gasteiger partial charge in [-0.15, -0.1) is 0 Å². The molecule has 0 amide bonds. The molecule has 0 radical (unpaired) electrons. The average molecular weight is 272 g/mol. The fourth-order valence-electron chi connectivity index (χ4n) is 0.967. The lowest BCUT2D eigenvalue weighted by molar-refractivity contribution is -0.385. The average Bonchev–Trinajstić information content (AvgIpc) is 2.49. The van der Waals surface area contributed by atoms with Gasteiger partial charge in [-0.2, -0.15) is 0 Å². The number of carbonyl (C=O) groups excluding carboxylic acids is 1. The van der Waals surface area contributed by atoms with Crippen LogP contribution in [0.4, 0.5) is 5.69 Å². The Bertz CT molecular complexity index is 407. The second kappa shape index (κ2) is 11.1. The largest absolute Gasteiger partial charge is 0.464 e. The van der Waals surface area contributed by atoms with Gasteiger partial charge in [-0.1, -0.05) is 27.7 Å². The van der Waals surface area contributed by atoms with E-state index in [9.17, 15) is 14.9 Å². The van der Waals surface area contributed by atoms with Crippen molar-refractivity contribution >= 4 is 11.7 Å². The predicted molar refractivity (Wildman–Crippen MR) is 70.8 cm³/mol. The summed E-state index contributed by atoms with van der Waals surface area (Å²) in [5, 5.41) is 19.3. The molecular formula is C12H20N2O5. The summed E-state index contributed by atoms with van der Waals surface area (Å²) in [6, 6.07) is 2.08. The minimum Gasteiger partial charge on any atom is -0.464 e. The number of ether oxygens (including phenoxy) is 1. The Morgan fingerprint density at radius 3 is 2.26 bits per heavy atom. The maximum atomic E-state index is 11.1. The van der Waals surface area contributed by atoms with E-state index in [0.717, 1.165) is 19.2 Å². The van der Waals surface area contributed by atoms with Crippen LogP contribution in [0.1, 0.15) is 43.9 Å². The van der Waals surface area contributed by atoms with Gasteiger partial charge in [0.25, 0.3) is 5.69 Å². The van der Waals surface area contributed by atoms with E-state index in [0.29, 0.717) is 0 Å². The lowest BCUT2D eigenvalue weighted by Gasteiger charge is -2.01. The maximum absolute atomic E-state index is 11.1. The summed E-state index contributed by atoms with van der Waals surface area (Å²) in [6.07, 6.45) is 0. The van der Waals surface area contributed by atoms with Crippen molar-refractivity contribution in [2.45, 2.75) is 34.3 Å². The second-order valence-corrected chi connectivity index (χ2v) is 2.61. The summed E-state index contributed by atoms with van der Waals surface area (Å²) in [4.78, 5) is 24.5. The van der Waals surface area contributed by atoms with Crippen molar-refractivity contribution in [2.75, 3.05) is 7.11 Å². The molecule has 0 bridgehead atoms. The molecule has 0 atom stereocenters. The molecule has 1 aromatic heterocycles. The number of aromatic nitrogens is 1. The Labute approximate surface area is 112 Å². The molecule has 19 heavy (non-hydrogen) atoms. The standard InChI is InChI=1S/C8H8N2O5.2C2H6/c1-15-8(12)7-3-6(10(13)14)2-5(4-11)9-7;2*1-2/h2-3,11H,4H2,1H3;2*1-2H3. The van der Waals surface area contributed by atoms with Crippen LogP contribution < -0.4 is 0 Å². The van der Waals surface area contributed by atoms with Gasteiger partial charge < -0.3 is 9.84 Å². The van der Waals surface area contributed by atoms with E-state index in [1.54, 1.807) is 0 Å². The highest BCUT2D eigenvalue weighted by molar-refractivity contribution is 5.87. The summed E-state index contributed by atoms with van der Waals surface area (Å²) in [7, 11) is 1.14. The number of hydrogen-bond acceptors (Lipinski definition) is 6. The first-order valence-electron chi connectivity index (χ1n) is 5.93. The zero-order chi connectivity index (χ0) is 15.4. The predicted octanol–water partition coefficient (Wildman–Crippen LogP) is 2.32. The fourth-order valence-corrected chi connectivity index (χ4v) is 0.967. The minimum atomic E-state index is -0.784. The van der Waals surface area contributed by atoms with Crippen LogP contribution in [0.3, 0.4) is 0 Å². The Kier molecular flexibility index (Phi) is 11.3. The molecular weight excluding hydrogens is 252 g/mol. The smallest absolute Gasteiger partial charge is 0.356 e. The molecule has 0 aromatic carbocycles. The van der Waals surface area contributed by atoms with Crippen LogP contribution in [0.5, 0.6) is 0 Å². The normalized spacial score (nSPS) is 8.32. The molecule has 0 spiro atoms. The van der Waals surface area contributed by atoms with Crippen LogP contribution in [0, 0.1) is 10.1 Å². The lowest BCUT2D eigenvalue weighted by Crippen LogP contribution is -2.07. The highest BCUT2D eigenvalue weighted by Crippen LogP contribution is 2.14. The van der Waals surface area contributed by atoms with Crippen molar-refractivity contribution in [2.24, 2.45) is 0 Å². The molecule has 7 nitrogen and oxygen atoms in total. The topological polar surface area (TPSA) is 103 Å². The van der Waals surface area contributed by atoms with Crippen molar-refractivity contribution in [3.63, 3.8) is 0 Å². The van der Waals surface area contributed by atoms with E-state index in [1.165, 1.54) is 0 Å². The number of hydrogen-bond donors (Lipinski definition) is 1. The molecule has 0 aliphatic carbocycles. The minimum absolute atomic E-state index is 0.0459. The number of pyridine rings is 1. The summed E-state index contributed by atoms with van der Waals surface area (Å²) in [5.74, 6) is -0.784. The Morgan fingerprint density at radius 1 is 1.37 bits per heavy atom. The molecule has 0 saturated heterocycles. The van der Waals surface area contributed by atoms with Crippen LogP contribution in [-0.2, 0) is 11.3 Å². The molecule has 0 unspecified atom stereocenters. The molecule has 1 heterocycles. The summed E-state index contributed by atoms with van der Waals surface area (Å²) in [5.41, 5.74) is -0.463. The van der Waals surface area contributed by atoms with Crippen molar-refractivity contribution in [1.82, 2.24) is 4.98 Å². The van der Waals surface area contributed by atoms with Crippen molar-refractivity contribution < 1.29 is 19.6 Å². The van der Waals surface area contributed by atoms with Gasteiger partial charge in [0, 0.05) is 12.1 Å². The number of nitrogens with zero attached hydrogens (tertiary/aromatic N) is 2. The van der Waals surface area contributed by atoms with Crippen molar-refractivity contribution in [3.8, 4) is 0 Å². The van der Waals surface area contributed by atoms with E-state index < -0.39 is 17.5 Å². The molecule has 0 aliphatic rings. The first-order chi connectivity index (χ1) is 9.08. The van der Waals surface area contributed by atoms with Gasteiger partial charge in [0.1, 0.15) is 0 Å². The molecule has 0 saturated carbocycles. The van der Waals surface area contributed by atoms with E-state index in [2.05, 4.69) is 9.72 Å². The first-order valence-corrected chi connectivity index (χ1v) is 5.93. The van der Waals surface area contributed by atoms with Crippen LogP contribution in [0.25, 0.3) is 0 Å². The third-order valence-corrected chi connectivity index (χ3v) is 1.63. The Hall–Kier alpha value is -2.02. The number of carbonyl (C=O) groups is 1. The maximum Gasteiger partial charge on any atom is 0.356 e. The second-order valence-electron chi connectivity index (χ2n) is 2.61. The number of esters is 1. The zero-order valence-corrected chi connectivity index (χ0v) is 11.8. The quantitative estimate of drug-likeness (QED) is 0.514. The molecule has 1 aromatic rings. The molecule has 0 fully saturated rings. The van der Waals surface area contributed by atoms with E-state index in [-0.39, 0.29) is 17.1 Å². The van der Waals surface area contributed by atoms with Gasteiger partial charge in [0.2, 0.25) is 0 Å². The molecule has 1 rings (SSSR count). The summed E-state index contributed by atoms with van der Waals surface area (Å²) < 4.78 is 4.36. The lowest BCUT2D eigenvalue weighted by atomic mass is 10.2. The Morgan fingerprint density at radius 2 is 1.89 bits per heavy atom. The number of nitro groups is 1. The van der Waals surface area contributed by atoms with Crippen LogP contribution in [0.15, 0.2) is 12.1 Å². The van der Waals surface area contributed by atoms with Gasteiger partial charge in [-0.3, -0.25) is 10.1 Å². The van der Waals surface area contributed by atoms with E-state index in [1.807, 2.05) is 27.7 Å². The van der Waals surface area contributed by atoms with E-state index >= 15 is 0 Å². The first kappa shape index (κ1) is 19.3. The highest BCUT2D eigenvalue weighted by Gasteiger charge is 2.15. The SMILES string of the molecule is CC.CC.COC(=O)c1cc([N+](=O)[O-])cc(CO)n1. The number of aliphatic hydroxyl groups is 1.